The van der Waals surface area contributed by atoms with E-state index in [0.717, 1.165) is 30.5 Å². The third kappa shape index (κ3) is 4.99. The van der Waals surface area contributed by atoms with Crippen molar-refractivity contribution in [1.82, 2.24) is 5.32 Å². The molecule has 0 amide bonds. The molecule has 18 heavy (non-hydrogen) atoms. The van der Waals surface area contributed by atoms with Crippen LogP contribution in [-0.2, 0) is 6.42 Å². The van der Waals surface area contributed by atoms with Crippen LogP contribution in [0.2, 0.25) is 5.02 Å². The van der Waals surface area contributed by atoms with E-state index in [1.165, 1.54) is 18.4 Å². The van der Waals surface area contributed by atoms with Gasteiger partial charge in [0.05, 0.1) is 0 Å². The van der Waals surface area contributed by atoms with Crippen LogP contribution in [0, 0.1) is 11.8 Å². The van der Waals surface area contributed by atoms with Gasteiger partial charge in [0.15, 0.2) is 0 Å². The lowest BCUT2D eigenvalue weighted by Crippen LogP contribution is -2.29. The molecule has 0 radical (unpaired) electrons. The summed E-state index contributed by atoms with van der Waals surface area (Å²) in [5.74, 6) is 1.40. The molecule has 2 atom stereocenters. The number of rotatable bonds is 8. The van der Waals surface area contributed by atoms with Crippen molar-refractivity contribution in [3.8, 4) is 0 Å². The van der Waals surface area contributed by atoms with Crippen molar-refractivity contribution in [3.05, 3.63) is 34.9 Å². The molecule has 0 fully saturated rings. The Morgan fingerprint density at radius 3 is 2.56 bits per heavy atom. The maximum atomic E-state index is 6.26. The summed E-state index contributed by atoms with van der Waals surface area (Å²) < 4.78 is 0. The number of nitrogens with one attached hydrogen (secondary N) is 1. The summed E-state index contributed by atoms with van der Waals surface area (Å²) >= 11 is 6.26. The van der Waals surface area contributed by atoms with E-state index in [0.29, 0.717) is 5.92 Å². The number of halogens is 1. The maximum absolute atomic E-state index is 6.26. The zero-order valence-electron chi connectivity index (χ0n) is 11.9. The number of hydrogen-bond acceptors (Lipinski definition) is 1. The summed E-state index contributed by atoms with van der Waals surface area (Å²) in [7, 11) is 0. The quantitative estimate of drug-likeness (QED) is 0.682. The smallest absolute Gasteiger partial charge is 0.0438 e. The van der Waals surface area contributed by atoms with Gasteiger partial charge in [-0.1, -0.05) is 57.0 Å². The Balaban J connectivity index is 2.63. The molecule has 0 saturated carbocycles. The zero-order chi connectivity index (χ0) is 13.4. The van der Waals surface area contributed by atoms with Crippen molar-refractivity contribution in [2.24, 2.45) is 11.8 Å². The van der Waals surface area contributed by atoms with Gasteiger partial charge in [-0.25, -0.2) is 0 Å². The van der Waals surface area contributed by atoms with E-state index in [9.17, 15) is 0 Å². The van der Waals surface area contributed by atoms with E-state index in [1.54, 1.807) is 0 Å². The second-order valence-corrected chi connectivity index (χ2v) is 5.55. The van der Waals surface area contributed by atoms with Crippen molar-refractivity contribution in [2.75, 3.05) is 13.1 Å². The van der Waals surface area contributed by atoms with E-state index >= 15 is 0 Å². The van der Waals surface area contributed by atoms with Crippen LogP contribution in [0.15, 0.2) is 24.3 Å². The summed E-state index contributed by atoms with van der Waals surface area (Å²) in [4.78, 5) is 0. The fourth-order valence-electron chi connectivity index (χ4n) is 2.22. The van der Waals surface area contributed by atoms with Gasteiger partial charge in [-0.3, -0.25) is 0 Å². The van der Waals surface area contributed by atoms with Crippen molar-refractivity contribution >= 4 is 11.6 Å². The first-order valence-electron chi connectivity index (χ1n) is 7.13. The highest BCUT2D eigenvalue weighted by atomic mass is 35.5. The Bertz CT molecular complexity index is 338. The molecule has 2 unspecified atom stereocenters. The predicted octanol–water partition coefficient (Wildman–Crippen LogP) is 4.54. The van der Waals surface area contributed by atoms with Gasteiger partial charge in [-0.2, -0.15) is 0 Å². The van der Waals surface area contributed by atoms with Gasteiger partial charge < -0.3 is 5.32 Å². The van der Waals surface area contributed by atoms with Gasteiger partial charge >= 0.3 is 0 Å². The second kappa shape index (κ2) is 8.55. The van der Waals surface area contributed by atoms with Crippen LogP contribution in [-0.4, -0.2) is 13.1 Å². The first kappa shape index (κ1) is 15.5. The molecule has 0 spiro atoms. The number of benzene rings is 1. The van der Waals surface area contributed by atoms with E-state index in [1.807, 2.05) is 12.1 Å². The summed E-state index contributed by atoms with van der Waals surface area (Å²) in [5, 5.41) is 4.45. The average molecular weight is 268 g/mol. The molecule has 1 N–H and O–H groups in total. The highest BCUT2D eigenvalue weighted by Crippen LogP contribution is 2.24. The molecule has 0 bridgehead atoms. The molecule has 1 aromatic rings. The van der Waals surface area contributed by atoms with Gasteiger partial charge in [0.2, 0.25) is 0 Å². The van der Waals surface area contributed by atoms with Crippen molar-refractivity contribution in [1.29, 1.82) is 0 Å². The van der Waals surface area contributed by atoms with Crippen LogP contribution in [0.4, 0.5) is 0 Å². The molecule has 0 aliphatic rings. The SMILES string of the molecule is CCCNCC(Cc1ccccc1Cl)C(C)CC. The minimum Gasteiger partial charge on any atom is -0.316 e. The summed E-state index contributed by atoms with van der Waals surface area (Å²) in [5.41, 5.74) is 1.28. The zero-order valence-corrected chi connectivity index (χ0v) is 12.6. The molecule has 1 rings (SSSR count). The third-order valence-corrected chi connectivity index (χ3v) is 4.09. The van der Waals surface area contributed by atoms with Crippen LogP contribution in [0.1, 0.15) is 39.2 Å². The molecule has 0 aromatic heterocycles. The van der Waals surface area contributed by atoms with Gasteiger partial charge in [0, 0.05) is 5.02 Å². The Hall–Kier alpha value is -0.530. The molecule has 0 aliphatic carbocycles. The number of hydrogen-bond donors (Lipinski definition) is 1. The van der Waals surface area contributed by atoms with E-state index in [-0.39, 0.29) is 0 Å². The van der Waals surface area contributed by atoms with E-state index in [2.05, 4.69) is 38.2 Å². The van der Waals surface area contributed by atoms with Gasteiger partial charge in [0.25, 0.3) is 0 Å². The Labute approximate surface area is 117 Å². The Morgan fingerprint density at radius 1 is 1.22 bits per heavy atom. The average Bonchev–Trinajstić information content (AvgIpc) is 2.39. The largest absolute Gasteiger partial charge is 0.316 e. The van der Waals surface area contributed by atoms with Crippen LogP contribution in [0.25, 0.3) is 0 Å². The molecule has 1 aromatic carbocycles. The third-order valence-electron chi connectivity index (χ3n) is 3.72. The van der Waals surface area contributed by atoms with E-state index < -0.39 is 0 Å². The first-order valence-corrected chi connectivity index (χ1v) is 7.50. The summed E-state index contributed by atoms with van der Waals surface area (Å²) in [6, 6.07) is 8.22. The second-order valence-electron chi connectivity index (χ2n) is 5.15. The predicted molar refractivity (Wildman–Crippen MR) is 81.3 cm³/mol. The van der Waals surface area contributed by atoms with Crippen molar-refractivity contribution in [2.45, 2.75) is 40.0 Å². The lowest BCUT2D eigenvalue weighted by Gasteiger charge is -2.24. The van der Waals surface area contributed by atoms with Crippen molar-refractivity contribution < 1.29 is 0 Å². The molecule has 102 valence electrons. The molecule has 0 aliphatic heterocycles. The molecule has 2 heteroatoms. The Kier molecular flexibility index (Phi) is 7.38. The standard InChI is InChI=1S/C16H26ClN/c1-4-10-18-12-15(13(3)5-2)11-14-8-6-7-9-16(14)17/h6-9,13,15,18H,4-5,10-12H2,1-3H3. The summed E-state index contributed by atoms with van der Waals surface area (Å²) in [6.45, 7) is 9.02. The fraction of sp³-hybridized carbons (Fsp3) is 0.625. The first-order chi connectivity index (χ1) is 8.69. The van der Waals surface area contributed by atoms with Gasteiger partial charge in [-0.05, 0) is 49.4 Å². The highest BCUT2D eigenvalue weighted by molar-refractivity contribution is 6.31. The Morgan fingerprint density at radius 2 is 1.94 bits per heavy atom. The van der Waals surface area contributed by atoms with Crippen LogP contribution < -0.4 is 5.32 Å². The fourth-order valence-corrected chi connectivity index (χ4v) is 2.43. The molecule has 0 saturated heterocycles. The normalized spacial score (nSPS) is 14.4. The molecular formula is C16H26ClN. The molecule has 1 nitrogen and oxygen atoms in total. The minimum atomic E-state index is 0.668. The van der Waals surface area contributed by atoms with Crippen LogP contribution in [0.5, 0.6) is 0 Å². The van der Waals surface area contributed by atoms with Gasteiger partial charge in [0.1, 0.15) is 0 Å². The topological polar surface area (TPSA) is 12.0 Å². The van der Waals surface area contributed by atoms with Gasteiger partial charge in [-0.15, -0.1) is 0 Å². The molecular weight excluding hydrogens is 242 g/mol. The lowest BCUT2D eigenvalue weighted by molar-refractivity contribution is 0.330. The van der Waals surface area contributed by atoms with Crippen LogP contribution in [0.3, 0.4) is 0 Å². The van der Waals surface area contributed by atoms with Crippen molar-refractivity contribution in [3.63, 3.8) is 0 Å². The maximum Gasteiger partial charge on any atom is 0.0438 e. The molecule has 0 heterocycles. The van der Waals surface area contributed by atoms with E-state index in [4.69, 9.17) is 11.6 Å². The summed E-state index contributed by atoms with van der Waals surface area (Å²) in [6.07, 6.45) is 3.49. The monoisotopic (exact) mass is 267 g/mol. The highest BCUT2D eigenvalue weighted by Gasteiger charge is 2.17. The lowest BCUT2D eigenvalue weighted by atomic mass is 9.86. The van der Waals surface area contributed by atoms with Crippen LogP contribution >= 0.6 is 11.6 Å². The minimum absolute atomic E-state index is 0.668.